The third-order valence-electron chi connectivity index (χ3n) is 3.82. The quantitative estimate of drug-likeness (QED) is 0.605. The zero-order valence-electron chi connectivity index (χ0n) is 14.6. The minimum Gasteiger partial charge on any atom is -0.493 e. The number of nitrogens with zero attached hydrogens (tertiary/aromatic N) is 3. The predicted molar refractivity (Wildman–Crippen MR) is 92.5 cm³/mol. The van der Waals surface area contributed by atoms with Crippen molar-refractivity contribution < 1.29 is 23.4 Å². The number of esters is 1. The maximum atomic E-state index is 12.8. The minimum absolute atomic E-state index is 0.0244. The van der Waals surface area contributed by atoms with E-state index in [4.69, 9.17) is 23.9 Å². The van der Waals surface area contributed by atoms with Gasteiger partial charge in [0.1, 0.15) is 13.2 Å². The van der Waals surface area contributed by atoms with Gasteiger partial charge in [0, 0.05) is 6.07 Å². The molecule has 0 unspecified atom stereocenters. The van der Waals surface area contributed by atoms with Crippen LogP contribution in [0.3, 0.4) is 0 Å². The van der Waals surface area contributed by atoms with Crippen molar-refractivity contribution in [3.63, 3.8) is 0 Å². The average Bonchev–Trinajstić information content (AvgIpc) is 3.22. The van der Waals surface area contributed by atoms with Gasteiger partial charge in [-0.1, -0.05) is 0 Å². The van der Waals surface area contributed by atoms with Gasteiger partial charge in [-0.3, -0.25) is 9.36 Å². The Kier molecular flexibility index (Phi) is 5.08. The second-order valence-electron chi connectivity index (χ2n) is 5.36. The van der Waals surface area contributed by atoms with Crippen LogP contribution < -0.4 is 15.0 Å². The smallest absolute Gasteiger partial charge is 0.374 e. The SMILES string of the molecule is COc1cc2nc(COC(=O)c3ccco3)n(CC#N)c(=O)c2cc1OC. The Labute approximate surface area is 153 Å². The van der Waals surface area contributed by atoms with Crippen LogP contribution in [-0.2, 0) is 17.9 Å². The molecule has 138 valence electrons. The van der Waals surface area contributed by atoms with Gasteiger partial charge < -0.3 is 18.6 Å². The summed E-state index contributed by atoms with van der Waals surface area (Å²) in [6.45, 7) is -0.551. The third-order valence-corrected chi connectivity index (χ3v) is 3.82. The summed E-state index contributed by atoms with van der Waals surface area (Å²) in [7, 11) is 2.92. The van der Waals surface area contributed by atoms with Gasteiger partial charge in [-0.05, 0) is 18.2 Å². The Morgan fingerprint density at radius 3 is 2.67 bits per heavy atom. The molecule has 0 amide bonds. The fourth-order valence-corrected chi connectivity index (χ4v) is 2.53. The van der Waals surface area contributed by atoms with E-state index in [1.807, 2.05) is 6.07 Å². The van der Waals surface area contributed by atoms with Gasteiger partial charge in [0.25, 0.3) is 5.56 Å². The van der Waals surface area contributed by atoms with Crippen molar-refractivity contribution >= 4 is 16.9 Å². The monoisotopic (exact) mass is 369 g/mol. The summed E-state index contributed by atoms with van der Waals surface area (Å²) in [5.74, 6) is 0.209. The Balaban J connectivity index is 2.05. The summed E-state index contributed by atoms with van der Waals surface area (Å²) in [4.78, 5) is 29.1. The molecule has 0 aliphatic rings. The highest BCUT2D eigenvalue weighted by Gasteiger charge is 2.17. The van der Waals surface area contributed by atoms with Crippen LogP contribution in [0.2, 0.25) is 0 Å². The first-order chi connectivity index (χ1) is 13.1. The van der Waals surface area contributed by atoms with E-state index in [-0.39, 0.29) is 30.1 Å². The number of nitriles is 1. The highest BCUT2D eigenvalue weighted by atomic mass is 16.5. The van der Waals surface area contributed by atoms with Crippen molar-refractivity contribution in [2.24, 2.45) is 0 Å². The summed E-state index contributed by atoms with van der Waals surface area (Å²) in [5.41, 5.74) is -0.123. The molecule has 27 heavy (non-hydrogen) atoms. The molecule has 0 radical (unpaired) electrons. The summed E-state index contributed by atoms with van der Waals surface area (Å²) < 4.78 is 21.7. The standard InChI is InChI=1S/C18H15N3O6/c1-24-14-8-11-12(9-15(14)25-2)20-16(21(6-5-19)17(11)22)10-27-18(23)13-4-3-7-26-13/h3-4,7-9H,6,10H2,1-2H3. The van der Waals surface area contributed by atoms with Crippen molar-refractivity contribution in [1.29, 1.82) is 5.26 Å². The molecule has 0 aliphatic carbocycles. The number of hydrogen-bond acceptors (Lipinski definition) is 8. The van der Waals surface area contributed by atoms with Gasteiger partial charge in [0.15, 0.2) is 17.3 Å². The highest BCUT2D eigenvalue weighted by molar-refractivity contribution is 5.86. The second-order valence-corrected chi connectivity index (χ2v) is 5.36. The largest absolute Gasteiger partial charge is 0.493 e. The molecule has 9 heteroatoms. The van der Waals surface area contributed by atoms with Crippen molar-refractivity contribution in [2.75, 3.05) is 14.2 Å². The zero-order chi connectivity index (χ0) is 19.4. The van der Waals surface area contributed by atoms with Crippen LogP contribution in [0.25, 0.3) is 10.9 Å². The number of carbonyl (C=O) groups is 1. The van der Waals surface area contributed by atoms with E-state index in [2.05, 4.69) is 4.98 Å². The number of rotatable bonds is 6. The molecular weight excluding hydrogens is 354 g/mol. The van der Waals surface area contributed by atoms with Crippen LogP contribution in [0.15, 0.2) is 39.7 Å². The molecule has 3 aromatic rings. The van der Waals surface area contributed by atoms with E-state index in [1.54, 1.807) is 12.1 Å². The first kappa shape index (κ1) is 18.0. The average molecular weight is 369 g/mol. The first-order valence-corrected chi connectivity index (χ1v) is 7.82. The number of hydrogen-bond donors (Lipinski definition) is 0. The lowest BCUT2D eigenvalue weighted by atomic mass is 10.2. The molecule has 9 nitrogen and oxygen atoms in total. The molecule has 0 N–H and O–H groups in total. The van der Waals surface area contributed by atoms with E-state index < -0.39 is 11.5 Å². The highest BCUT2D eigenvalue weighted by Crippen LogP contribution is 2.30. The molecule has 0 aliphatic heterocycles. The number of fused-ring (bicyclic) bond motifs is 1. The lowest BCUT2D eigenvalue weighted by Crippen LogP contribution is -2.26. The molecule has 0 bridgehead atoms. The Morgan fingerprint density at radius 1 is 1.30 bits per heavy atom. The van der Waals surface area contributed by atoms with E-state index in [1.165, 1.54) is 32.6 Å². The molecule has 0 spiro atoms. The van der Waals surface area contributed by atoms with Gasteiger partial charge in [-0.2, -0.15) is 5.26 Å². The van der Waals surface area contributed by atoms with Gasteiger partial charge in [0.2, 0.25) is 5.76 Å². The van der Waals surface area contributed by atoms with Crippen LogP contribution in [0.4, 0.5) is 0 Å². The van der Waals surface area contributed by atoms with Crippen molar-refractivity contribution in [3.8, 4) is 17.6 Å². The van der Waals surface area contributed by atoms with Gasteiger partial charge >= 0.3 is 5.97 Å². The van der Waals surface area contributed by atoms with E-state index in [0.29, 0.717) is 17.0 Å². The first-order valence-electron chi connectivity index (χ1n) is 7.82. The molecule has 0 atom stereocenters. The zero-order valence-corrected chi connectivity index (χ0v) is 14.6. The van der Waals surface area contributed by atoms with Crippen molar-refractivity contribution in [2.45, 2.75) is 13.2 Å². The fourth-order valence-electron chi connectivity index (χ4n) is 2.53. The number of aromatic nitrogens is 2. The van der Waals surface area contributed by atoms with Crippen LogP contribution in [0.5, 0.6) is 11.5 Å². The summed E-state index contributed by atoms with van der Waals surface area (Å²) in [5, 5.41) is 9.30. The number of benzene rings is 1. The van der Waals surface area contributed by atoms with E-state index in [9.17, 15) is 9.59 Å². The molecule has 0 fully saturated rings. The molecular formula is C18H15N3O6. The Bertz CT molecular complexity index is 1080. The number of methoxy groups -OCH3 is 2. The Hall–Kier alpha value is -3.80. The maximum absolute atomic E-state index is 12.8. The van der Waals surface area contributed by atoms with Crippen LogP contribution in [0, 0.1) is 11.3 Å². The molecule has 3 rings (SSSR count). The molecule has 2 heterocycles. The lowest BCUT2D eigenvalue weighted by Gasteiger charge is -2.13. The topological polar surface area (TPSA) is 117 Å². The molecule has 0 saturated heterocycles. The van der Waals surface area contributed by atoms with Crippen LogP contribution in [-0.4, -0.2) is 29.7 Å². The number of furan rings is 1. The summed E-state index contributed by atoms with van der Waals surface area (Å²) in [6.07, 6.45) is 1.34. The second kappa shape index (κ2) is 7.61. The van der Waals surface area contributed by atoms with Crippen LogP contribution in [0.1, 0.15) is 16.4 Å². The minimum atomic E-state index is -0.704. The van der Waals surface area contributed by atoms with Gasteiger partial charge in [-0.15, -0.1) is 0 Å². The molecule has 1 aromatic carbocycles. The van der Waals surface area contributed by atoms with Gasteiger partial charge in [-0.25, -0.2) is 9.78 Å². The summed E-state index contributed by atoms with van der Waals surface area (Å²) >= 11 is 0. The lowest BCUT2D eigenvalue weighted by molar-refractivity contribution is 0.0420. The fraction of sp³-hybridized carbons (Fsp3) is 0.222. The van der Waals surface area contributed by atoms with Crippen molar-refractivity contribution in [3.05, 3.63) is 52.5 Å². The molecule has 0 saturated carbocycles. The predicted octanol–water partition coefficient (Wildman–Crippen LogP) is 1.89. The number of ether oxygens (including phenoxy) is 3. The van der Waals surface area contributed by atoms with E-state index in [0.717, 1.165) is 4.57 Å². The number of carbonyl (C=O) groups excluding carboxylic acids is 1. The Morgan fingerprint density at radius 2 is 2.04 bits per heavy atom. The van der Waals surface area contributed by atoms with Crippen molar-refractivity contribution in [1.82, 2.24) is 9.55 Å². The molecule has 2 aromatic heterocycles. The van der Waals surface area contributed by atoms with Crippen LogP contribution >= 0.6 is 0 Å². The maximum Gasteiger partial charge on any atom is 0.374 e. The van der Waals surface area contributed by atoms with Gasteiger partial charge in [0.05, 0.1) is 37.5 Å². The summed E-state index contributed by atoms with van der Waals surface area (Å²) in [6, 6.07) is 7.95. The van der Waals surface area contributed by atoms with E-state index >= 15 is 0 Å². The normalized spacial score (nSPS) is 10.4. The third kappa shape index (κ3) is 3.46.